The molecule has 0 N–H and O–H groups in total. The summed E-state index contributed by atoms with van der Waals surface area (Å²) in [4.78, 5) is 1.38. The fourth-order valence-corrected chi connectivity index (χ4v) is 2.22. The third-order valence-corrected chi connectivity index (χ3v) is 3.65. The molecule has 1 heteroatoms. The third kappa shape index (κ3) is 2.82. The molecule has 0 saturated heterocycles. The lowest BCUT2D eigenvalue weighted by Crippen LogP contribution is -2.05. The van der Waals surface area contributed by atoms with Crippen LogP contribution in [0.4, 0.5) is 0 Å². The fourth-order valence-electron chi connectivity index (χ4n) is 1.44. The van der Waals surface area contributed by atoms with Crippen molar-refractivity contribution in [3.63, 3.8) is 0 Å². The minimum atomic E-state index is 0.249. The minimum absolute atomic E-state index is 0.249. The van der Waals surface area contributed by atoms with Crippen molar-refractivity contribution in [3.8, 4) is 0 Å². The van der Waals surface area contributed by atoms with Gasteiger partial charge >= 0.3 is 0 Å². The van der Waals surface area contributed by atoms with Gasteiger partial charge in [-0.3, -0.25) is 0 Å². The highest BCUT2D eigenvalue weighted by Crippen LogP contribution is 2.32. The van der Waals surface area contributed by atoms with E-state index in [0.29, 0.717) is 0 Å². The number of hydrogen-bond donors (Lipinski definition) is 0. The van der Waals surface area contributed by atoms with Crippen LogP contribution in [0.1, 0.15) is 44.6 Å². The Hall–Kier alpha value is -0.820. The summed E-state index contributed by atoms with van der Waals surface area (Å²) in [6.45, 7) is 8.50. The molecule has 0 nitrogen and oxygen atoms in total. The van der Waals surface area contributed by atoms with Crippen LogP contribution in [-0.2, 0) is 0 Å². The summed E-state index contributed by atoms with van der Waals surface area (Å²) in [6.07, 6.45) is 10.3. The zero-order valence-electron chi connectivity index (χ0n) is 10.1. The molecule has 1 heterocycles. The highest BCUT2D eigenvalue weighted by atomic mass is 32.1. The van der Waals surface area contributed by atoms with E-state index in [1.165, 1.54) is 10.4 Å². The largest absolute Gasteiger partial charge is 0.144 e. The molecule has 0 fully saturated rings. The van der Waals surface area contributed by atoms with Crippen LogP contribution in [0.3, 0.4) is 0 Å². The zero-order valence-corrected chi connectivity index (χ0v) is 10.9. The second-order valence-electron chi connectivity index (χ2n) is 3.77. The molecule has 1 aromatic rings. The summed E-state index contributed by atoms with van der Waals surface area (Å²) in [5.74, 6) is 0. The monoisotopic (exact) mass is 220 g/mol. The van der Waals surface area contributed by atoms with Crippen molar-refractivity contribution in [2.75, 3.05) is 0 Å². The van der Waals surface area contributed by atoms with Crippen molar-refractivity contribution < 1.29 is 0 Å². The van der Waals surface area contributed by atoms with Crippen LogP contribution in [-0.4, -0.2) is 0 Å². The van der Waals surface area contributed by atoms with Crippen molar-refractivity contribution >= 4 is 23.5 Å². The Balaban J connectivity index is 0.000000531. The number of thiophene rings is 1. The first-order valence-electron chi connectivity index (χ1n) is 5.69. The van der Waals surface area contributed by atoms with Crippen LogP contribution < -0.4 is 0 Å². The molecule has 82 valence electrons. The van der Waals surface area contributed by atoms with Crippen LogP contribution in [0.2, 0.25) is 0 Å². The maximum atomic E-state index is 2.31. The van der Waals surface area contributed by atoms with E-state index in [-0.39, 0.29) is 5.41 Å². The normalized spacial score (nSPS) is 22.7. The first kappa shape index (κ1) is 12.3. The van der Waals surface area contributed by atoms with Gasteiger partial charge in [0.2, 0.25) is 0 Å². The number of fused-ring (bicyclic) bond motifs is 1. The summed E-state index contributed by atoms with van der Waals surface area (Å²) in [5, 5.41) is 2.15. The molecule has 1 aromatic heterocycles. The van der Waals surface area contributed by atoms with E-state index in [2.05, 4.69) is 49.6 Å². The van der Waals surface area contributed by atoms with Crippen LogP contribution in [0.15, 0.2) is 23.6 Å². The van der Waals surface area contributed by atoms with Gasteiger partial charge in [0, 0.05) is 10.3 Å². The van der Waals surface area contributed by atoms with Gasteiger partial charge in [-0.05, 0) is 29.5 Å². The molecule has 1 aliphatic rings. The lowest BCUT2D eigenvalue weighted by atomic mass is 9.87. The van der Waals surface area contributed by atoms with Gasteiger partial charge in [0.15, 0.2) is 0 Å². The van der Waals surface area contributed by atoms with E-state index >= 15 is 0 Å². The van der Waals surface area contributed by atoms with Gasteiger partial charge in [-0.25, -0.2) is 0 Å². The first-order valence-corrected chi connectivity index (χ1v) is 6.57. The molecule has 0 amide bonds. The topological polar surface area (TPSA) is 0 Å². The molecule has 0 aliphatic heterocycles. The van der Waals surface area contributed by atoms with E-state index in [4.69, 9.17) is 0 Å². The van der Waals surface area contributed by atoms with Crippen molar-refractivity contribution in [2.24, 2.45) is 5.41 Å². The standard InChI is InChI=1S/C12H14S.C2H6/c1-3-12(2)7-4-10-6-9-13-11(10)5-8-12;1-2/h4-9H,3H2,1-2H3;1-2H3. The molecule has 0 saturated carbocycles. The number of rotatable bonds is 1. The van der Waals surface area contributed by atoms with Gasteiger partial charge in [-0.1, -0.05) is 45.9 Å². The lowest BCUT2D eigenvalue weighted by Gasteiger charge is -2.17. The Morgan fingerprint density at radius 3 is 2.53 bits per heavy atom. The second-order valence-corrected chi connectivity index (χ2v) is 4.71. The summed E-state index contributed by atoms with van der Waals surface area (Å²) in [6, 6.07) is 2.18. The third-order valence-electron chi connectivity index (χ3n) is 2.75. The van der Waals surface area contributed by atoms with E-state index in [9.17, 15) is 0 Å². The van der Waals surface area contributed by atoms with Crippen LogP contribution in [0.5, 0.6) is 0 Å². The summed E-state index contributed by atoms with van der Waals surface area (Å²) < 4.78 is 0. The first-order chi connectivity index (χ1) is 7.23. The molecule has 0 aromatic carbocycles. The van der Waals surface area contributed by atoms with Crippen molar-refractivity contribution in [1.82, 2.24) is 0 Å². The Bertz CT molecular complexity index is 327. The van der Waals surface area contributed by atoms with Crippen LogP contribution >= 0.6 is 11.3 Å². The van der Waals surface area contributed by atoms with Gasteiger partial charge in [0.05, 0.1) is 0 Å². The molecule has 15 heavy (non-hydrogen) atoms. The predicted octanol–water partition coefficient (Wildman–Crippen LogP) is 5.23. The smallest absolute Gasteiger partial charge is 0.0339 e. The zero-order chi connectivity index (χ0) is 11.3. The molecular weight excluding hydrogens is 200 g/mol. The van der Waals surface area contributed by atoms with Crippen LogP contribution in [0, 0.1) is 5.41 Å². The average Bonchev–Trinajstić information content (AvgIpc) is 2.68. The highest BCUT2D eigenvalue weighted by molar-refractivity contribution is 7.11. The Kier molecular flexibility index (Phi) is 4.34. The summed E-state index contributed by atoms with van der Waals surface area (Å²) in [5.41, 5.74) is 1.61. The molecular formula is C14H20S. The number of hydrogen-bond acceptors (Lipinski definition) is 1. The van der Waals surface area contributed by atoms with E-state index in [1.54, 1.807) is 0 Å². The van der Waals surface area contributed by atoms with Gasteiger partial charge in [0.1, 0.15) is 0 Å². The van der Waals surface area contributed by atoms with E-state index in [1.807, 2.05) is 25.2 Å². The average molecular weight is 220 g/mol. The fraction of sp³-hybridized carbons (Fsp3) is 0.429. The number of allylic oxidation sites excluding steroid dienone is 2. The molecule has 1 atom stereocenters. The predicted molar refractivity (Wildman–Crippen MR) is 72.1 cm³/mol. The van der Waals surface area contributed by atoms with Gasteiger partial charge in [-0.15, -0.1) is 11.3 Å². The molecule has 1 unspecified atom stereocenters. The lowest BCUT2D eigenvalue weighted by molar-refractivity contribution is 0.536. The van der Waals surface area contributed by atoms with Crippen molar-refractivity contribution in [3.05, 3.63) is 34.0 Å². The van der Waals surface area contributed by atoms with Crippen LogP contribution in [0.25, 0.3) is 12.2 Å². The molecule has 0 spiro atoms. The maximum Gasteiger partial charge on any atom is 0.0339 e. The quantitative estimate of drug-likeness (QED) is 0.608. The Morgan fingerprint density at radius 1 is 1.20 bits per heavy atom. The summed E-state index contributed by atoms with van der Waals surface area (Å²) >= 11 is 1.81. The maximum absolute atomic E-state index is 2.31. The molecule has 0 bridgehead atoms. The molecule has 0 radical (unpaired) electrons. The second kappa shape index (κ2) is 5.32. The molecule has 2 rings (SSSR count). The van der Waals surface area contributed by atoms with Gasteiger partial charge < -0.3 is 0 Å². The Morgan fingerprint density at radius 2 is 1.87 bits per heavy atom. The van der Waals surface area contributed by atoms with Gasteiger partial charge in [0.25, 0.3) is 0 Å². The molecule has 1 aliphatic carbocycles. The van der Waals surface area contributed by atoms with E-state index in [0.717, 1.165) is 6.42 Å². The minimum Gasteiger partial charge on any atom is -0.144 e. The van der Waals surface area contributed by atoms with Gasteiger partial charge in [-0.2, -0.15) is 0 Å². The SMILES string of the molecule is CC.CCC1(C)C=Cc2ccsc2C=C1. The van der Waals surface area contributed by atoms with Crippen molar-refractivity contribution in [1.29, 1.82) is 0 Å². The van der Waals surface area contributed by atoms with E-state index < -0.39 is 0 Å². The van der Waals surface area contributed by atoms with Crippen molar-refractivity contribution in [2.45, 2.75) is 34.1 Å². The Labute approximate surface area is 97.3 Å². The summed E-state index contributed by atoms with van der Waals surface area (Å²) in [7, 11) is 0. The highest BCUT2D eigenvalue weighted by Gasteiger charge is 2.16.